The highest BCUT2D eigenvalue weighted by atomic mass is 16.5. The van der Waals surface area contributed by atoms with Gasteiger partial charge in [0.25, 0.3) is 0 Å². The molecule has 302 valence electrons. The number of ether oxygens (including phenoxy) is 2. The zero-order chi connectivity index (χ0) is 41.2. The third kappa shape index (κ3) is 7.76. The van der Waals surface area contributed by atoms with Crippen LogP contribution in [0.2, 0.25) is 0 Å². The van der Waals surface area contributed by atoms with Crippen molar-refractivity contribution in [3.05, 3.63) is 65.9 Å². The number of aromatic nitrogens is 5. The Morgan fingerprint density at radius 2 is 1.21 bits per heavy atom. The minimum absolute atomic E-state index is 0.140. The van der Waals surface area contributed by atoms with Crippen molar-refractivity contribution in [2.24, 2.45) is 11.8 Å². The summed E-state index contributed by atoms with van der Waals surface area (Å²) in [6.45, 7) is 8.62. The van der Waals surface area contributed by atoms with Crippen LogP contribution in [0.15, 0.2) is 48.5 Å². The van der Waals surface area contributed by atoms with E-state index in [2.05, 4.69) is 26.7 Å². The molecule has 0 radical (unpaired) electrons. The summed E-state index contributed by atoms with van der Waals surface area (Å²) >= 11 is 0. The fraction of sp³-hybridized carbons (Fsp3) is 0.429. The third-order valence-corrected chi connectivity index (χ3v) is 11.1. The molecule has 16 heteroatoms. The number of methoxy groups -OCH3 is 2. The van der Waals surface area contributed by atoms with Gasteiger partial charge in [0.1, 0.15) is 35.5 Å². The van der Waals surface area contributed by atoms with Gasteiger partial charge in [0.15, 0.2) is 0 Å². The van der Waals surface area contributed by atoms with Crippen LogP contribution in [-0.2, 0) is 19.1 Å². The Bertz CT molecular complexity index is 2410. The number of pyridine rings is 1. The minimum Gasteiger partial charge on any atom is -0.453 e. The van der Waals surface area contributed by atoms with E-state index in [9.17, 15) is 24.4 Å². The Hall–Kier alpha value is -6.50. The number of nitrogens with zero attached hydrogens (tertiary/aromatic N) is 6. The molecular formula is C42H48N10O6. The number of hydrogen-bond acceptors (Lipinski definition) is 10. The Kier molecular flexibility index (Phi) is 11.3. The number of nitrogens with one attached hydrogen (secondary N) is 4. The standard InChI is InChI=1S/C42H48N10O6/c1-22(2)35(49-41(55)57-5)39(53)51-17-7-9-33(51)37-45-28-14-11-24(19-30(28)47-37)26-13-16-27(44-32(26)21-43)25-12-15-29-31(20-25)48-38(46-29)34-10-8-18-52(34)40(54)36(23(3)4)50-42(56)58-6/h11-16,19-20,22-23,33-36H,7-10,17-18H2,1-6H3,(H,45,47)(H,46,48)(H,49,55)(H,50,56)/t33-,34-,35-,36-/m0/s1. The van der Waals surface area contributed by atoms with E-state index in [0.29, 0.717) is 36.0 Å². The first kappa shape index (κ1) is 39.7. The van der Waals surface area contributed by atoms with Crippen molar-refractivity contribution in [3.63, 3.8) is 0 Å². The number of aromatic amines is 2. The van der Waals surface area contributed by atoms with Crippen LogP contribution < -0.4 is 10.6 Å². The van der Waals surface area contributed by atoms with E-state index >= 15 is 0 Å². The van der Waals surface area contributed by atoms with Gasteiger partial charge in [-0.2, -0.15) is 5.26 Å². The summed E-state index contributed by atoms with van der Waals surface area (Å²) < 4.78 is 9.52. The quantitative estimate of drug-likeness (QED) is 0.127. The van der Waals surface area contributed by atoms with Gasteiger partial charge in [-0.15, -0.1) is 0 Å². The summed E-state index contributed by atoms with van der Waals surface area (Å²) in [5.74, 6) is 0.685. The summed E-state index contributed by atoms with van der Waals surface area (Å²) in [6.07, 6.45) is 1.77. The molecule has 0 aliphatic carbocycles. The number of likely N-dealkylation sites (tertiary alicyclic amines) is 2. The summed E-state index contributed by atoms with van der Waals surface area (Å²) in [7, 11) is 2.55. The molecule has 16 nitrogen and oxygen atoms in total. The molecule has 4 atom stereocenters. The molecule has 0 unspecified atom stereocenters. The molecule has 2 aromatic carbocycles. The fourth-order valence-electron chi connectivity index (χ4n) is 8.03. The van der Waals surface area contributed by atoms with Crippen molar-refractivity contribution in [2.45, 2.75) is 77.5 Å². The second-order valence-corrected chi connectivity index (χ2v) is 15.5. The summed E-state index contributed by atoms with van der Waals surface area (Å²) in [5.41, 5.74) is 6.09. The van der Waals surface area contributed by atoms with Crippen molar-refractivity contribution in [3.8, 4) is 28.5 Å². The largest absolute Gasteiger partial charge is 0.453 e. The molecule has 0 saturated carbocycles. The lowest BCUT2D eigenvalue weighted by Gasteiger charge is -2.29. The maximum absolute atomic E-state index is 13.6. The van der Waals surface area contributed by atoms with Gasteiger partial charge in [-0.25, -0.2) is 24.5 Å². The van der Waals surface area contributed by atoms with Crippen molar-refractivity contribution >= 4 is 46.1 Å². The first-order valence-corrected chi connectivity index (χ1v) is 19.6. The fourth-order valence-corrected chi connectivity index (χ4v) is 8.03. The molecule has 7 rings (SSSR count). The topological polar surface area (TPSA) is 211 Å². The van der Waals surface area contributed by atoms with Crippen LogP contribution >= 0.6 is 0 Å². The van der Waals surface area contributed by atoms with Crippen LogP contribution in [0, 0.1) is 23.2 Å². The van der Waals surface area contributed by atoms with E-state index in [4.69, 9.17) is 24.4 Å². The third-order valence-electron chi connectivity index (χ3n) is 11.1. The predicted octanol–water partition coefficient (Wildman–Crippen LogP) is 6.13. The van der Waals surface area contributed by atoms with Crippen molar-refractivity contribution in [1.82, 2.24) is 45.4 Å². The van der Waals surface area contributed by atoms with Crippen LogP contribution in [0.4, 0.5) is 9.59 Å². The molecule has 4 amide bonds. The number of imidazole rings is 2. The van der Waals surface area contributed by atoms with Crippen LogP contribution in [0.3, 0.4) is 0 Å². The molecule has 2 fully saturated rings. The summed E-state index contributed by atoms with van der Waals surface area (Å²) in [5, 5.41) is 15.6. The highest BCUT2D eigenvalue weighted by molar-refractivity contribution is 5.88. The van der Waals surface area contributed by atoms with Gasteiger partial charge in [-0.1, -0.05) is 39.8 Å². The van der Waals surface area contributed by atoms with Crippen LogP contribution in [0.1, 0.15) is 82.8 Å². The molecule has 2 aliphatic rings. The molecule has 3 aromatic heterocycles. The number of rotatable bonds is 10. The maximum atomic E-state index is 13.6. The van der Waals surface area contributed by atoms with Crippen molar-refractivity contribution in [1.29, 1.82) is 5.26 Å². The Labute approximate surface area is 335 Å². The summed E-state index contributed by atoms with van der Waals surface area (Å²) in [6, 6.07) is 15.5. The van der Waals surface area contributed by atoms with Crippen molar-refractivity contribution in [2.75, 3.05) is 27.3 Å². The first-order valence-electron chi connectivity index (χ1n) is 19.6. The Balaban J connectivity index is 1.11. The predicted molar refractivity (Wildman–Crippen MR) is 215 cm³/mol. The molecule has 2 saturated heterocycles. The molecule has 5 aromatic rings. The number of amides is 4. The zero-order valence-corrected chi connectivity index (χ0v) is 33.5. The second kappa shape index (κ2) is 16.5. The summed E-state index contributed by atoms with van der Waals surface area (Å²) in [4.78, 5) is 76.1. The van der Waals surface area contributed by atoms with Crippen LogP contribution in [0.5, 0.6) is 0 Å². The molecule has 2 aliphatic heterocycles. The van der Waals surface area contributed by atoms with Gasteiger partial charge in [-0.05, 0) is 79.5 Å². The SMILES string of the molecule is COC(=O)N[C@H](C(=O)N1CCC[C@H]1c1nc2ccc(-c3ccc(-c4ccc5nc([C@@H]6CCCN6C(=O)[C@@H](NC(=O)OC)C(C)C)[nH]c5c4)c(C#N)n3)cc2[nH]1)C(C)C. The van der Waals surface area contributed by atoms with E-state index in [1.54, 1.807) is 9.80 Å². The van der Waals surface area contributed by atoms with E-state index in [1.807, 2.05) is 76.2 Å². The maximum Gasteiger partial charge on any atom is 0.407 e. The van der Waals surface area contributed by atoms with Gasteiger partial charge in [-0.3, -0.25) is 9.59 Å². The van der Waals surface area contributed by atoms with Gasteiger partial charge in [0.05, 0.1) is 54.1 Å². The molecule has 0 spiro atoms. The smallest absolute Gasteiger partial charge is 0.407 e. The number of carbonyl (C=O) groups excluding carboxylic acids is 4. The van der Waals surface area contributed by atoms with Crippen LogP contribution in [-0.4, -0.2) is 98.1 Å². The molecular weight excluding hydrogens is 741 g/mol. The molecule has 58 heavy (non-hydrogen) atoms. The Morgan fingerprint density at radius 3 is 1.67 bits per heavy atom. The lowest BCUT2D eigenvalue weighted by atomic mass is 10.0. The number of fused-ring (bicyclic) bond motifs is 2. The number of benzene rings is 2. The highest BCUT2D eigenvalue weighted by Gasteiger charge is 2.39. The van der Waals surface area contributed by atoms with Crippen LogP contribution in [0.25, 0.3) is 44.5 Å². The minimum atomic E-state index is -0.732. The second-order valence-electron chi connectivity index (χ2n) is 15.5. The van der Waals surface area contributed by atoms with E-state index in [1.165, 1.54) is 14.2 Å². The average molecular weight is 789 g/mol. The highest BCUT2D eigenvalue weighted by Crippen LogP contribution is 2.36. The monoisotopic (exact) mass is 788 g/mol. The van der Waals surface area contributed by atoms with E-state index in [-0.39, 0.29) is 41.4 Å². The lowest BCUT2D eigenvalue weighted by molar-refractivity contribution is -0.136. The molecule has 0 bridgehead atoms. The zero-order valence-electron chi connectivity index (χ0n) is 33.5. The molecule has 4 N–H and O–H groups in total. The number of nitriles is 1. The first-order chi connectivity index (χ1) is 27.9. The van der Waals surface area contributed by atoms with Crippen molar-refractivity contribution < 1.29 is 28.7 Å². The number of hydrogen-bond donors (Lipinski definition) is 4. The van der Waals surface area contributed by atoms with Gasteiger partial charge in [0.2, 0.25) is 11.8 Å². The lowest BCUT2D eigenvalue weighted by Crippen LogP contribution is -2.51. The van der Waals surface area contributed by atoms with Gasteiger partial charge >= 0.3 is 12.2 Å². The number of carbonyl (C=O) groups is 4. The van der Waals surface area contributed by atoms with E-state index in [0.717, 1.165) is 58.9 Å². The number of alkyl carbamates (subject to hydrolysis) is 2. The van der Waals surface area contributed by atoms with E-state index < -0.39 is 24.3 Å². The van der Waals surface area contributed by atoms with Gasteiger partial charge < -0.3 is 39.9 Å². The Morgan fingerprint density at radius 1 is 0.724 bits per heavy atom. The average Bonchev–Trinajstić information content (AvgIpc) is 4.05. The molecule has 5 heterocycles. The number of H-pyrrole nitrogens is 2. The van der Waals surface area contributed by atoms with Gasteiger partial charge in [0, 0.05) is 24.2 Å². The normalized spacial score (nSPS) is 17.8.